The topological polar surface area (TPSA) is 45.2 Å². The highest BCUT2D eigenvalue weighted by atomic mass is 16.2. The molecule has 0 saturated carbocycles. The normalized spacial score (nSPS) is 18.9. The monoisotopic (exact) mass is 393 g/mol. The van der Waals surface area contributed by atoms with Crippen molar-refractivity contribution in [3.05, 3.63) is 66.0 Å². The number of pyridine rings is 1. The van der Waals surface area contributed by atoms with Crippen LogP contribution in [0.25, 0.3) is 0 Å². The Morgan fingerprint density at radius 1 is 1.14 bits per heavy atom. The van der Waals surface area contributed by atoms with E-state index < -0.39 is 5.41 Å². The minimum Gasteiger partial charge on any atom is -0.347 e. The van der Waals surface area contributed by atoms with Crippen LogP contribution in [0.2, 0.25) is 0 Å². The number of rotatable bonds is 7. The highest BCUT2D eigenvalue weighted by molar-refractivity contribution is 5.81. The Kier molecular flexibility index (Phi) is 7.43. The Balaban J connectivity index is 1.70. The molecule has 3 rings (SSSR count). The summed E-state index contributed by atoms with van der Waals surface area (Å²) in [5.74, 6) is 0.0831. The van der Waals surface area contributed by atoms with Crippen molar-refractivity contribution in [2.75, 3.05) is 13.1 Å². The van der Waals surface area contributed by atoms with E-state index in [1.165, 1.54) is 24.8 Å². The molecule has 0 unspecified atom stereocenters. The number of hydrogen-bond donors (Lipinski definition) is 1. The summed E-state index contributed by atoms with van der Waals surface area (Å²) in [4.78, 5) is 19.9. The highest BCUT2D eigenvalue weighted by Gasteiger charge is 2.30. The number of carbonyl (C=O) groups is 1. The maximum atomic E-state index is 12.7. The molecule has 1 saturated heterocycles. The summed E-state index contributed by atoms with van der Waals surface area (Å²) in [6.45, 7) is 8.09. The summed E-state index contributed by atoms with van der Waals surface area (Å²) >= 11 is 0. The quantitative estimate of drug-likeness (QED) is 0.737. The van der Waals surface area contributed by atoms with Crippen LogP contribution < -0.4 is 5.32 Å². The fourth-order valence-corrected chi connectivity index (χ4v) is 4.02. The Bertz CT molecular complexity index is 755. The van der Waals surface area contributed by atoms with Crippen molar-refractivity contribution >= 4 is 5.91 Å². The first-order valence-corrected chi connectivity index (χ1v) is 10.9. The van der Waals surface area contributed by atoms with Crippen molar-refractivity contribution in [1.82, 2.24) is 15.2 Å². The molecule has 2 aromatic rings. The van der Waals surface area contributed by atoms with Gasteiger partial charge in [-0.2, -0.15) is 0 Å². The number of likely N-dealkylation sites (tertiary alicyclic amines) is 1. The number of amides is 1. The van der Waals surface area contributed by atoms with E-state index in [9.17, 15) is 4.79 Å². The van der Waals surface area contributed by atoms with Crippen molar-refractivity contribution in [2.45, 2.75) is 65.0 Å². The van der Waals surface area contributed by atoms with Gasteiger partial charge < -0.3 is 5.32 Å². The van der Waals surface area contributed by atoms with Crippen LogP contribution in [0.1, 0.15) is 63.8 Å². The number of piperidine rings is 1. The van der Waals surface area contributed by atoms with Gasteiger partial charge in [0.2, 0.25) is 5.91 Å². The molecule has 4 heteroatoms. The summed E-state index contributed by atoms with van der Waals surface area (Å²) in [5, 5.41) is 3.29. The molecule has 0 radical (unpaired) electrons. The lowest BCUT2D eigenvalue weighted by Crippen LogP contribution is -2.45. The van der Waals surface area contributed by atoms with Gasteiger partial charge >= 0.3 is 0 Å². The molecule has 156 valence electrons. The van der Waals surface area contributed by atoms with Crippen molar-refractivity contribution in [3.8, 4) is 0 Å². The van der Waals surface area contributed by atoms with E-state index in [2.05, 4.69) is 45.5 Å². The van der Waals surface area contributed by atoms with Gasteiger partial charge in [0.15, 0.2) is 0 Å². The van der Waals surface area contributed by atoms with Crippen molar-refractivity contribution < 1.29 is 4.79 Å². The third-order valence-electron chi connectivity index (χ3n) is 5.82. The van der Waals surface area contributed by atoms with Crippen LogP contribution in [-0.4, -0.2) is 34.9 Å². The smallest absolute Gasteiger partial charge is 0.225 e. The standard InChI is InChI=1S/C25H35N3O/c1-25(2,3)24(29)27-23(22-14-7-9-16-26-22)19-21-13-8-10-17-28(21)18-15-20-11-5-4-6-12-20/h4-7,9,11-12,14,16,21,23H,8,10,13,15,17-19H2,1-3H3,(H,27,29)/t21-,23-/m0/s1. The van der Waals surface area contributed by atoms with Crippen LogP contribution in [0.5, 0.6) is 0 Å². The second-order valence-corrected chi connectivity index (χ2v) is 9.19. The van der Waals surface area contributed by atoms with Gasteiger partial charge in [-0.25, -0.2) is 0 Å². The number of aromatic nitrogens is 1. The Hall–Kier alpha value is -2.20. The van der Waals surface area contributed by atoms with Crippen LogP contribution in [-0.2, 0) is 11.2 Å². The van der Waals surface area contributed by atoms with Crippen molar-refractivity contribution in [1.29, 1.82) is 0 Å². The fourth-order valence-electron chi connectivity index (χ4n) is 4.02. The lowest BCUT2D eigenvalue weighted by molar-refractivity contribution is -0.129. The molecule has 1 aliphatic heterocycles. The van der Waals surface area contributed by atoms with Gasteiger partial charge in [-0.05, 0) is 49.9 Å². The first-order valence-electron chi connectivity index (χ1n) is 10.9. The zero-order valence-electron chi connectivity index (χ0n) is 18.1. The zero-order valence-corrected chi connectivity index (χ0v) is 18.1. The van der Waals surface area contributed by atoms with E-state index in [1.54, 1.807) is 0 Å². The summed E-state index contributed by atoms with van der Waals surface area (Å²) in [6, 6.07) is 17.1. The Morgan fingerprint density at radius 2 is 1.90 bits per heavy atom. The highest BCUT2D eigenvalue weighted by Crippen LogP contribution is 2.27. The largest absolute Gasteiger partial charge is 0.347 e. The van der Waals surface area contributed by atoms with Crippen LogP contribution in [0.4, 0.5) is 0 Å². The van der Waals surface area contributed by atoms with E-state index in [4.69, 9.17) is 0 Å². The predicted molar refractivity (Wildman–Crippen MR) is 119 cm³/mol. The molecule has 1 amide bonds. The van der Waals surface area contributed by atoms with Crippen LogP contribution in [0, 0.1) is 5.41 Å². The molecular weight excluding hydrogens is 358 g/mol. The number of nitrogens with zero attached hydrogens (tertiary/aromatic N) is 2. The molecule has 1 fully saturated rings. The molecule has 4 nitrogen and oxygen atoms in total. The van der Waals surface area contributed by atoms with Crippen molar-refractivity contribution in [3.63, 3.8) is 0 Å². The lowest BCUT2D eigenvalue weighted by atomic mass is 9.91. The summed E-state index contributed by atoms with van der Waals surface area (Å²) < 4.78 is 0. The van der Waals surface area contributed by atoms with E-state index in [0.29, 0.717) is 6.04 Å². The average molecular weight is 394 g/mol. The third-order valence-corrected chi connectivity index (χ3v) is 5.82. The van der Waals surface area contributed by atoms with Gasteiger partial charge in [0, 0.05) is 24.2 Å². The fraction of sp³-hybridized carbons (Fsp3) is 0.520. The summed E-state index contributed by atoms with van der Waals surface area (Å²) in [5.41, 5.74) is 1.94. The predicted octanol–water partition coefficient (Wildman–Crippen LogP) is 4.77. The molecule has 2 heterocycles. The van der Waals surface area contributed by atoms with Gasteiger partial charge in [-0.15, -0.1) is 0 Å². The zero-order chi connectivity index (χ0) is 20.7. The lowest BCUT2D eigenvalue weighted by Gasteiger charge is -2.38. The minimum atomic E-state index is -0.410. The molecule has 0 bridgehead atoms. The van der Waals surface area contributed by atoms with Gasteiger partial charge in [0.25, 0.3) is 0 Å². The third kappa shape index (κ3) is 6.40. The molecule has 1 aromatic carbocycles. The van der Waals surface area contributed by atoms with Gasteiger partial charge in [0.05, 0.1) is 11.7 Å². The van der Waals surface area contributed by atoms with Gasteiger partial charge in [-0.1, -0.05) is 63.6 Å². The summed E-state index contributed by atoms with van der Waals surface area (Å²) in [6.07, 6.45) is 7.50. The summed E-state index contributed by atoms with van der Waals surface area (Å²) in [7, 11) is 0. The van der Waals surface area contributed by atoms with E-state index in [0.717, 1.165) is 31.6 Å². The van der Waals surface area contributed by atoms with E-state index in [1.807, 2.05) is 45.2 Å². The molecule has 1 aromatic heterocycles. The first kappa shape index (κ1) is 21.5. The van der Waals surface area contributed by atoms with Crippen LogP contribution in [0.3, 0.4) is 0 Å². The molecule has 1 N–H and O–H groups in total. The van der Waals surface area contributed by atoms with Crippen LogP contribution >= 0.6 is 0 Å². The number of carbonyl (C=O) groups excluding carboxylic acids is 1. The molecule has 1 aliphatic rings. The average Bonchev–Trinajstić information content (AvgIpc) is 2.73. The molecular formula is C25H35N3O. The second-order valence-electron chi connectivity index (χ2n) is 9.19. The minimum absolute atomic E-state index is 0.0507. The molecule has 2 atom stereocenters. The van der Waals surface area contributed by atoms with E-state index in [-0.39, 0.29) is 11.9 Å². The maximum absolute atomic E-state index is 12.7. The molecule has 29 heavy (non-hydrogen) atoms. The van der Waals surface area contributed by atoms with Gasteiger partial charge in [-0.3, -0.25) is 14.7 Å². The number of benzene rings is 1. The van der Waals surface area contributed by atoms with Gasteiger partial charge in [0.1, 0.15) is 0 Å². The molecule has 0 spiro atoms. The number of nitrogens with one attached hydrogen (secondary N) is 1. The van der Waals surface area contributed by atoms with Crippen LogP contribution in [0.15, 0.2) is 54.7 Å². The Labute approximate surface area is 175 Å². The first-order chi connectivity index (χ1) is 13.9. The van der Waals surface area contributed by atoms with E-state index >= 15 is 0 Å². The van der Waals surface area contributed by atoms with Crippen molar-refractivity contribution in [2.24, 2.45) is 5.41 Å². The maximum Gasteiger partial charge on any atom is 0.225 e. The Morgan fingerprint density at radius 3 is 2.59 bits per heavy atom. The SMILES string of the molecule is CC(C)(C)C(=O)N[C@@H](C[C@@H]1CCCCN1CCc1ccccc1)c1ccccn1. The molecule has 0 aliphatic carbocycles. The second kappa shape index (κ2) is 10.0. The number of hydrogen-bond acceptors (Lipinski definition) is 3.